The number of Topliss-reactive ketones (excluding diaryl/α,β-unsaturated/α-hetero) is 1. The fourth-order valence-electron chi connectivity index (χ4n) is 2.75. The van der Waals surface area contributed by atoms with Crippen molar-refractivity contribution in [1.29, 1.82) is 0 Å². The molecule has 1 heterocycles. The monoisotopic (exact) mass is 243 g/mol. The predicted octanol–water partition coefficient (Wildman–Crippen LogP) is 0.199. The quantitative estimate of drug-likeness (QED) is 0.651. The molecule has 1 saturated heterocycles. The fraction of sp³-hybridized carbons (Fsp3) is 0.800. The third-order valence-electron chi connectivity index (χ3n) is 2.82. The summed E-state index contributed by atoms with van der Waals surface area (Å²) in [5.41, 5.74) is -1.38. The van der Waals surface area contributed by atoms with Gasteiger partial charge in [-0.2, -0.15) is 0 Å². The van der Waals surface area contributed by atoms with E-state index in [1.54, 1.807) is 27.7 Å². The molecule has 90 valence electrons. The Bertz CT molecular complexity index is 405. The standard InChI is InChI=1S/C10H18BNO3S/c1-9(2)5-8(13)6-10(3,4)12(9)16(14,15)7-11/h7,11H,5-6H2,1-4H3. The van der Waals surface area contributed by atoms with Crippen LogP contribution in [-0.2, 0) is 14.8 Å². The molecule has 0 bridgehead atoms. The molecule has 4 nitrogen and oxygen atoms in total. The predicted molar refractivity (Wildman–Crippen MR) is 66.4 cm³/mol. The Morgan fingerprint density at radius 2 is 1.56 bits per heavy atom. The molecule has 0 saturated carbocycles. The van der Waals surface area contributed by atoms with E-state index in [9.17, 15) is 13.2 Å². The Hall–Kier alpha value is -0.485. The summed E-state index contributed by atoms with van der Waals surface area (Å²) in [6, 6.07) is 0. The molecule has 0 atom stereocenters. The van der Waals surface area contributed by atoms with E-state index in [0.717, 1.165) is 5.30 Å². The number of piperidine rings is 1. The number of sulfonamides is 1. The second-order valence-corrected chi connectivity index (χ2v) is 7.22. The topological polar surface area (TPSA) is 54.5 Å². The zero-order chi connectivity index (χ0) is 12.8. The Balaban J connectivity index is 3.33. The second kappa shape index (κ2) is 3.77. The van der Waals surface area contributed by atoms with Crippen LogP contribution in [0.4, 0.5) is 0 Å². The molecule has 0 aromatic heterocycles. The number of rotatable bonds is 2. The van der Waals surface area contributed by atoms with Gasteiger partial charge in [0.25, 0.3) is 0 Å². The summed E-state index contributed by atoms with van der Waals surface area (Å²) in [4.78, 5) is 11.6. The van der Waals surface area contributed by atoms with Gasteiger partial charge in [0.1, 0.15) is 0 Å². The van der Waals surface area contributed by atoms with Gasteiger partial charge in [0, 0.05) is 0 Å². The Morgan fingerprint density at radius 1 is 1.19 bits per heavy atom. The normalized spacial score (nSPS) is 25.3. The molecular weight excluding hydrogens is 225 g/mol. The van der Waals surface area contributed by atoms with Gasteiger partial charge in [-0.3, -0.25) is 0 Å². The van der Waals surface area contributed by atoms with Gasteiger partial charge in [-0.15, -0.1) is 0 Å². The van der Waals surface area contributed by atoms with Crippen LogP contribution in [0.3, 0.4) is 0 Å². The van der Waals surface area contributed by atoms with E-state index < -0.39 is 21.1 Å². The zero-order valence-electron chi connectivity index (χ0n) is 10.3. The molecule has 0 aromatic carbocycles. The van der Waals surface area contributed by atoms with Crippen LogP contribution in [0.25, 0.3) is 0 Å². The van der Waals surface area contributed by atoms with Gasteiger partial charge < -0.3 is 0 Å². The van der Waals surface area contributed by atoms with Crippen LogP contribution in [0.1, 0.15) is 40.5 Å². The molecule has 0 aliphatic carbocycles. The Labute approximate surface area is 98.1 Å². The van der Waals surface area contributed by atoms with Crippen LogP contribution in [0, 0.1) is 0 Å². The Kier molecular flexibility index (Phi) is 3.20. The van der Waals surface area contributed by atoms with Crippen molar-refractivity contribution in [2.45, 2.75) is 51.6 Å². The van der Waals surface area contributed by atoms with Gasteiger partial charge >= 0.3 is 97.7 Å². The van der Waals surface area contributed by atoms with E-state index in [1.807, 2.05) is 0 Å². The minimum absolute atomic E-state index is 0.102. The summed E-state index contributed by atoms with van der Waals surface area (Å²) in [7, 11) is -0.172. The van der Waals surface area contributed by atoms with Gasteiger partial charge in [0.15, 0.2) is 0 Å². The van der Waals surface area contributed by atoms with Crippen molar-refractivity contribution in [1.82, 2.24) is 4.31 Å². The molecule has 16 heavy (non-hydrogen) atoms. The van der Waals surface area contributed by atoms with Crippen LogP contribution in [0.15, 0.2) is 0 Å². The third kappa shape index (κ3) is 2.27. The molecule has 0 unspecified atom stereocenters. The van der Waals surface area contributed by atoms with Crippen molar-refractivity contribution in [2.75, 3.05) is 0 Å². The number of hydrogen-bond donors (Lipinski definition) is 0. The summed E-state index contributed by atoms with van der Waals surface area (Å²) in [5.74, 6) is 0.102. The van der Waals surface area contributed by atoms with E-state index in [0.29, 0.717) is 0 Å². The van der Waals surface area contributed by atoms with Gasteiger partial charge in [-0.25, -0.2) is 0 Å². The van der Waals surface area contributed by atoms with E-state index >= 15 is 0 Å². The SMILES string of the molecule is B=CS(=O)(=O)N1C(C)(C)CC(=O)CC1(C)C. The first-order valence-corrected chi connectivity index (χ1v) is 6.73. The minimum atomic E-state index is -3.51. The average Bonchev–Trinajstić information content (AvgIpc) is 1.96. The maximum atomic E-state index is 12.0. The van der Waals surface area contributed by atoms with Gasteiger partial charge in [0.2, 0.25) is 0 Å². The second-order valence-electron chi connectivity index (χ2n) is 5.49. The molecule has 6 heteroatoms. The van der Waals surface area contributed by atoms with Gasteiger partial charge in [-0.05, 0) is 0 Å². The number of nitrogens with zero attached hydrogens (tertiary/aromatic N) is 1. The fourth-order valence-corrected chi connectivity index (χ4v) is 4.41. The maximum absolute atomic E-state index is 12.0. The summed E-state index contributed by atoms with van der Waals surface area (Å²) in [6.07, 6.45) is 0.507. The number of ketones is 1. The molecule has 0 aromatic rings. The molecule has 0 spiro atoms. The molecule has 1 rings (SSSR count). The summed E-state index contributed by atoms with van der Waals surface area (Å²) >= 11 is 0. The molecule has 0 N–H and O–H groups in total. The van der Waals surface area contributed by atoms with Crippen LogP contribution in [0.5, 0.6) is 0 Å². The average molecular weight is 243 g/mol. The van der Waals surface area contributed by atoms with Crippen molar-refractivity contribution >= 4 is 28.6 Å². The number of carbonyl (C=O) groups is 1. The summed E-state index contributed by atoms with van der Waals surface area (Å²) < 4.78 is 25.4. The van der Waals surface area contributed by atoms with Crippen molar-refractivity contribution in [2.24, 2.45) is 0 Å². The summed E-state index contributed by atoms with van der Waals surface area (Å²) in [5, 5.41) is 0.951. The van der Waals surface area contributed by atoms with Crippen molar-refractivity contribution < 1.29 is 13.2 Å². The van der Waals surface area contributed by atoms with E-state index in [4.69, 9.17) is 0 Å². The van der Waals surface area contributed by atoms with E-state index in [1.165, 1.54) is 4.31 Å². The van der Waals surface area contributed by atoms with E-state index in [2.05, 4.69) is 7.49 Å². The molecule has 0 radical (unpaired) electrons. The van der Waals surface area contributed by atoms with Crippen molar-refractivity contribution in [3.63, 3.8) is 0 Å². The Morgan fingerprint density at radius 3 is 1.88 bits per heavy atom. The third-order valence-corrected chi connectivity index (χ3v) is 4.74. The first-order chi connectivity index (χ1) is 7.03. The van der Waals surface area contributed by atoms with E-state index in [-0.39, 0.29) is 18.6 Å². The summed E-state index contributed by atoms with van der Waals surface area (Å²) in [6.45, 7) is 7.08. The van der Waals surface area contributed by atoms with Crippen LogP contribution in [0.2, 0.25) is 0 Å². The molecule has 1 fully saturated rings. The van der Waals surface area contributed by atoms with Crippen molar-refractivity contribution in [3.05, 3.63) is 0 Å². The number of carbonyl (C=O) groups excluding carboxylic acids is 1. The van der Waals surface area contributed by atoms with Gasteiger partial charge in [-0.1, -0.05) is 0 Å². The van der Waals surface area contributed by atoms with Crippen LogP contribution >= 0.6 is 0 Å². The van der Waals surface area contributed by atoms with Gasteiger partial charge in [0.05, 0.1) is 0 Å². The van der Waals surface area contributed by atoms with Crippen LogP contribution < -0.4 is 0 Å². The molecular formula is C10H18BNO3S. The van der Waals surface area contributed by atoms with Crippen molar-refractivity contribution in [3.8, 4) is 0 Å². The number of hydrogen-bond acceptors (Lipinski definition) is 3. The first-order valence-electron chi connectivity index (χ1n) is 5.23. The first kappa shape index (κ1) is 13.6. The molecule has 0 amide bonds. The molecule has 1 aliphatic heterocycles. The zero-order valence-corrected chi connectivity index (χ0v) is 11.1. The molecule has 1 aliphatic rings. The van der Waals surface area contributed by atoms with Crippen LogP contribution in [-0.4, -0.2) is 42.4 Å².